The first kappa shape index (κ1) is 13.4. The largest absolute Gasteiger partial charge is 0.380 e. The van der Waals surface area contributed by atoms with E-state index in [1.54, 1.807) is 6.20 Å². The van der Waals surface area contributed by atoms with Gasteiger partial charge in [0.05, 0.1) is 11.9 Å². The van der Waals surface area contributed by atoms with Crippen molar-refractivity contribution in [3.05, 3.63) is 46.0 Å². The van der Waals surface area contributed by atoms with Crippen LogP contribution >= 0.6 is 11.6 Å². The average Bonchev–Trinajstić information content (AvgIpc) is 2.67. The van der Waals surface area contributed by atoms with Crippen LogP contribution in [-0.4, -0.2) is 9.55 Å². The maximum atomic E-state index is 8.99. The van der Waals surface area contributed by atoms with Gasteiger partial charge in [-0.25, -0.2) is 4.98 Å². The first-order valence-electron chi connectivity index (χ1n) is 5.94. The Labute approximate surface area is 117 Å². The van der Waals surface area contributed by atoms with Gasteiger partial charge in [0, 0.05) is 19.3 Å². The Morgan fingerprint density at radius 2 is 2.16 bits per heavy atom. The molecule has 0 amide bonds. The van der Waals surface area contributed by atoms with Crippen LogP contribution in [0.15, 0.2) is 18.3 Å². The number of nitriles is 1. The van der Waals surface area contributed by atoms with Crippen molar-refractivity contribution in [1.29, 1.82) is 5.26 Å². The van der Waals surface area contributed by atoms with Crippen LogP contribution in [0.3, 0.4) is 0 Å². The number of nitrogens with one attached hydrogen (secondary N) is 1. The summed E-state index contributed by atoms with van der Waals surface area (Å²) in [5.41, 5.74) is 4.71. The molecule has 0 radical (unpaired) electrons. The molecule has 0 aliphatic heterocycles. The highest BCUT2D eigenvalue weighted by molar-refractivity contribution is 6.30. The molecule has 4 nitrogen and oxygen atoms in total. The minimum atomic E-state index is 0.521. The molecule has 2 rings (SSSR count). The lowest BCUT2D eigenvalue weighted by molar-refractivity contribution is 0.856. The van der Waals surface area contributed by atoms with Gasteiger partial charge in [0.2, 0.25) is 0 Å². The fraction of sp³-hybridized carbons (Fsp3) is 0.286. The normalized spacial score (nSPS) is 10.3. The number of aromatic nitrogens is 2. The molecule has 2 aromatic rings. The van der Waals surface area contributed by atoms with Crippen LogP contribution < -0.4 is 5.32 Å². The molecule has 0 saturated heterocycles. The van der Waals surface area contributed by atoms with E-state index in [4.69, 9.17) is 16.9 Å². The van der Waals surface area contributed by atoms with Crippen LogP contribution in [0.2, 0.25) is 5.15 Å². The molecular weight excluding hydrogens is 260 g/mol. The van der Waals surface area contributed by atoms with Crippen molar-refractivity contribution in [2.45, 2.75) is 20.4 Å². The number of hydrogen-bond acceptors (Lipinski definition) is 3. The number of nitrogens with zero attached hydrogens (tertiary/aromatic N) is 3. The number of anilines is 1. The number of hydrogen-bond donors (Lipinski definition) is 1. The molecule has 0 saturated carbocycles. The van der Waals surface area contributed by atoms with Gasteiger partial charge in [-0.3, -0.25) is 0 Å². The molecule has 2 heterocycles. The predicted molar refractivity (Wildman–Crippen MR) is 76.2 cm³/mol. The van der Waals surface area contributed by atoms with E-state index >= 15 is 0 Å². The van der Waals surface area contributed by atoms with E-state index in [-0.39, 0.29) is 0 Å². The summed E-state index contributed by atoms with van der Waals surface area (Å²) in [6, 6.07) is 6.04. The maximum Gasteiger partial charge on any atom is 0.132 e. The molecule has 2 aromatic heterocycles. The summed E-state index contributed by atoms with van der Waals surface area (Å²) in [5.74, 6) is 0. The van der Waals surface area contributed by atoms with Gasteiger partial charge >= 0.3 is 0 Å². The zero-order valence-electron chi connectivity index (χ0n) is 11.2. The molecule has 0 aliphatic rings. The lowest BCUT2D eigenvalue weighted by atomic mass is 10.2. The molecule has 98 valence electrons. The summed E-state index contributed by atoms with van der Waals surface area (Å²) in [5, 5.41) is 12.8. The highest BCUT2D eigenvalue weighted by Crippen LogP contribution is 2.18. The lowest BCUT2D eigenvalue weighted by Crippen LogP contribution is -2.02. The Bertz CT molecular complexity index is 652. The van der Waals surface area contributed by atoms with Crippen LogP contribution in [0, 0.1) is 25.2 Å². The van der Waals surface area contributed by atoms with Gasteiger partial charge in [0.1, 0.15) is 16.9 Å². The van der Waals surface area contributed by atoms with Gasteiger partial charge < -0.3 is 9.88 Å². The van der Waals surface area contributed by atoms with Gasteiger partial charge in [0.15, 0.2) is 0 Å². The van der Waals surface area contributed by atoms with Crippen molar-refractivity contribution in [2.24, 2.45) is 7.05 Å². The number of aryl methyl sites for hydroxylation is 1. The predicted octanol–water partition coefficient (Wildman–Crippen LogP) is 3.17. The van der Waals surface area contributed by atoms with E-state index in [1.807, 2.05) is 37.6 Å². The molecular formula is C14H15ClN4. The topological polar surface area (TPSA) is 53.6 Å². The van der Waals surface area contributed by atoms with Gasteiger partial charge in [0.25, 0.3) is 0 Å². The van der Waals surface area contributed by atoms with Crippen molar-refractivity contribution in [2.75, 3.05) is 5.32 Å². The number of rotatable bonds is 3. The minimum Gasteiger partial charge on any atom is -0.380 e. The van der Waals surface area contributed by atoms with Crippen molar-refractivity contribution >= 4 is 17.3 Å². The fourth-order valence-corrected chi connectivity index (χ4v) is 2.00. The zero-order valence-corrected chi connectivity index (χ0v) is 11.9. The van der Waals surface area contributed by atoms with Gasteiger partial charge in [-0.2, -0.15) is 5.26 Å². The van der Waals surface area contributed by atoms with Gasteiger partial charge in [-0.15, -0.1) is 0 Å². The van der Waals surface area contributed by atoms with Crippen LogP contribution in [0.1, 0.15) is 22.5 Å². The summed E-state index contributed by atoms with van der Waals surface area (Å²) in [6.07, 6.45) is 1.71. The monoisotopic (exact) mass is 274 g/mol. The fourth-order valence-electron chi connectivity index (χ4n) is 1.90. The van der Waals surface area contributed by atoms with Crippen LogP contribution in [-0.2, 0) is 13.6 Å². The third-order valence-electron chi connectivity index (χ3n) is 3.25. The Kier molecular flexibility index (Phi) is 3.77. The van der Waals surface area contributed by atoms with E-state index < -0.39 is 0 Å². The highest BCUT2D eigenvalue weighted by Gasteiger charge is 2.08. The van der Waals surface area contributed by atoms with Crippen molar-refractivity contribution < 1.29 is 0 Å². The van der Waals surface area contributed by atoms with E-state index in [1.165, 1.54) is 0 Å². The molecule has 0 fully saturated rings. The second-order valence-corrected chi connectivity index (χ2v) is 4.85. The summed E-state index contributed by atoms with van der Waals surface area (Å²) in [7, 11) is 1.89. The second kappa shape index (κ2) is 5.33. The van der Waals surface area contributed by atoms with Crippen molar-refractivity contribution in [3.8, 4) is 6.07 Å². The third-order valence-corrected chi connectivity index (χ3v) is 3.65. The molecule has 0 bridgehead atoms. The van der Waals surface area contributed by atoms with Crippen LogP contribution in [0.25, 0.3) is 0 Å². The Morgan fingerprint density at radius 1 is 1.42 bits per heavy atom. The summed E-state index contributed by atoms with van der Waals surface area (Å²) >= 11 is 5.89. The standard InChI is InChI=1S/C14H15ClN4/c1-9-4-12(8-18-14(9)15)17-7-11-5-13(6-16)19(3)10(11)2/h4-5,8,17H,7H2,1-3H3. The van der Waals surface area contributed by atoms with E-state index in [0.29, 0.717) is 17.4 Å². The Morgan fingerprint density at radius 3 is 2.74 bits per heavy atom. The quantitative estimate of drug-likeness (QED) is 0.875. The van der Waals surface area contributed by atoms with Crippen LogP contribution in [0.4, 0.5) is 5.69 Å². The summed E-state index contributed by atoms with van der Waals surface area (Å²) in [6.45, 7) is 4.58. The molecule has 0 spiro atoms. The van der Waals surface area contributed by atoms with Gasteiger partial charge in [-0.1, -0.05) is 11.6 Å². The Balaban J connectivity index is 2.15. The number of pyridine rings is 1. The maximum absolute atomic E-state index is 8.99. The number of halogens is 1. The SMILES string of the molecule is Cc1cc(NCc2cc(C#N)n(C)c2C)cnc1Cl. The molecule has 0 atom stereocenters. The first-order chi connectivity index (χ1) is 9.02. The van der Waals surface area contributed by atoms with Gasteiger partial charge in [-0.05, 0) is 37.1 Å². The molecule has 5 heteroatoms. The van der Waals surface area contributed by atoms with E-state index in [0.717, 1.165) is 22.5 Å². The van der Waals surface area contributed by atoms with Crippen molar-refractivity contribution in [1.82, 2.24) is 9.55 Å². The van der Waals surface area contributed by atoms with Crippen molar-refractivity contribution in [3.63, 3.8) is 0 Å². The first-order valence-corrected chi connectivity index (χ1v) is 6.32. The smallest absolute Gasteiger partial charge is 0.132 e. The Hall–Kier alpha value is -1.99. The van der Waals surface area contributed by atoms with Crippen LogP contribution in [0.5, 0.6) is 0 Å². The molecule has 0 unspecified atom stereocenters. The zero-order chi connectivity index (χ0) is 14.0. The summed E-state index contributed by atoms with van der Waals surface area (Å²) in [4.78, 5) is 4.10. The highest BCUT2D eigenvalue weighted by atomic mass is 35.5. The third kappa shape index (κ3) is 2.72. The molecule has 19 heavy (non-hydrogen) atoms. The molecule has 1 N–H and O–H groups in total. The minimum absolute atomic E-state index is 0.521. The average molecular weight is 275 g/mol. The van der Waals surface area contributed by atoms with E-state index in [2.05, 4.69) is 16.4 Å². The summed E-state index contributed by atoms with van der Waals surface area (Å²) < 4.78 is 1.89. The second-order valence-electron chi connectivity index (χ2n) is 4.50. The molecule has 0 aromatic carbocycles. The lowest BCUT2D eigenvalue weighted by Gasteiger charge is -2.07. The molecule has 0 aliphatic carbocycles. The van der Waals surface area contributed by atoms with E-state index in [9.17, 15) is 0 Å².